The number of carboxylic acid groups (broad SMARTS) is 1. The number of aromatic amines is 2. The highest BCUT2D eigenvalue weighted by Gasteiger charge is 2.48. The Morgan fingerprint density at radius 2 is 1.49 bits per heavy atom. The fraction of sp³-hybridized carbons (Fsp3) is 0.431. The third kappa shape index (κ3) is 7.98. The number of H-pyrrole nitrogens is 2. The van der Waals surface area contributed by atoms with Gasteiger partial charge in [0.25, 0.3) is 0 Å². The minimum atomic E-state index is -1.11. The summed E-state index contributed by atoms with van der Waals surface area (Å²) in [5.41, 5.74) is 6.97. The van der Waals surface area contributed by atoms with E-state index in [-0.39, 0.29) is 41.9 Å². The van der Waals surface area contributed by atoms with Crippen LogP contribution < -0.4 is 0 Å². The van der Waals surface area contributed by atoms with E-state index in [4.69, 9.17) is 9.97 Å². The predicted octanol–water partition coefficient (Wildman–Crippen LogP) is 9.99. The van der Waals surface area contributed by atoms with E-state index in [0.717, 1.165) is 112 Å². The van der Waals surface area contributed by atoms with Crippen molar-refractivity contribution in [2.24, 2.45) is 11.8 Å². The third-order valence-electron chi connectivity index (χ3n) is 14.2. The Bertz CT molecular complexity index is 2620. The largest absolute Gasteiger partial charge is 0.465 e. The van der Waals surface area contributed by atoms with Gasteiger partial charge >= 0.3 is 6.09 Å². The summed E-state index contributed by atoms with van der Waals surface area (Å²) in [6, 6.07) is 28.4. The molecular weight excluding hydrogens is 789 g/mol. The van der Waals surface area contributed by atoms with Gasteiger partial charge in [0.2, 0.25) is 11.8 Å². The zero-order valence-electron chi connectivity index (χ0n) is 37.1. The first-order chi connectivity index (χ1) is 30.5. The molecule has 0 radical (unpaired) electrons. The predicted molar refractivity (Wildman–Crippen MR) is 247 cm³/mol. The minimum Gasteiger partial charge on any atom is -0.465 e. The molecule has 63 heavy (non-hydrogen) atoms. The summed E-state index contributed by atoms with van der Waals surface area (Å²) in [6.45, 7) is 10.2. The summed E-state index contributed by atoms with van der Waals surface area (Å²) in [7, 11) is 1.46. The summed E-state index contributed by atoms with van der Waals surface area (Å²) in [5, 5.41) is 11.9. The highest BCUT2D eigenvalue weighted by molar-refractivity contribution is 5.92. The van der Waals surface area contributed by atoms with Crippen LogP contribution in [0.15, 0.2) is 91.1 Å². The van der Waals surface area contributed by atoms with Crippen LogP contribution in [0.1, 0.15) is 108 Å². The first-order valence-corrected chi connectivity index (χ1v) is 23.0. The number of carbonyl (C=O) groups excluding carboxylic acids is 2. The Labute approximate surface area is 369 Å². The summed E-state index contributed by atoms with van der Waals surface area (Å²) in [4.78, 5) is 65.1. The number of amides is 3. The number of hydrogen-bond acceptors (Lipinski definition) is 6. The molecule has 12 nitrogen and oxygen atoms in total. The molecule has 328 valence electrons. The van der Waals surface area contributed by atoms with Crippen molar-refractivity contribution in [1.29, 1.82) is 0 Å². The van der Waals surface area contributed by atoms with Crippen molar-refractivity contribution in [2.45, 2.75) is 103 Å². The molecule has 1 aliphatic carbocycles. The van der Waals surface area contributed by atoms with Crippen LogP contribution in [0.2, 0.25) is 0 Å². The molecule has 4 aromatic carbocycles. The number of nitrogens with one attached hydrogen (secondary N) is 2. The van der Waals surface area contributed by atoms with Crippen molar-refractivity contribution >= 4 is 39.7 Å². The van der Waals surface area contributed by atoms with Gasteiger partial charge in [-0.15, -0.1) is 0 Å². The highest BCUT2D eigenvalue weighted by Crippen LogP contribution is 2.48. The first-order valence-electron chi connectivity index (χ1n) is 23.0. The number of imidazole rings is 2. The molecule has 2 aliphatic heterocycles. The molecule has 6 aromatic rings. The summed E-state index contributed by atoms with van der Waals surface area (Å²) >= 11 is 0. The molecule has 3 amide bonds. The van der Waals surface area contributed by atoms with E-state index in [1.807, 2.05) is 38.2 Å². The molecule has 3 unspecified atom stereocenters. The topological polar surface area (TPSA) is 142 Å². The van der Waals surface area contributed by atoms with Crippen LogP contribution in [-0.4, -0.2) is 101 Å². The lowest BCUT2D eigenvalue weighted by Crippen LogP contribution is -2.51. The molecule has 6 atom stereocenters. The minimum absolute atomic E-state index is 0.105. The lowest BCUT2D eigenvalue weighted by molar-refractivity contribution is -0.141. The van der Waals surface area contributed by atoms with Gasteiger partial charge in [0.05, 0.1) is 35.0 Å². The van der Waals surface area contributed by atoms with Gasteiger partial charge in [0.15, 0.2) is 0 Å². The number of aromatic nitrogens is 4. The van der Waals surface area contributed by atoms with E-state index in [0.29, 0.717) is 18.3 Å². The molecular formula is C51H60N8O4. The van der Waals surface area contributed by atoms with Crippen LogP contribution in [0.25, 0.3) is 44.2 Å². The molecule has 0 spiro atoms. The number of nitrogens with zero attached hydrogens (tertiary/aromatic N) is 6. The van der Waals surface area contributed by atoms with Crippen molar-refractivity contribution < 1.29 is 19.5 Å². The van der Waals surface area contributed by atoms with E-state index >= 15 is 0 Å². The van der Waals surface area contributed by atoms with Gasteiger partial charge in [-0.25, -0.2) is 14.8 Å². The van der Waals surface area contributed by atoms with Gasteiger partial charge in [0, 0.05) is 25.2 Å². The number of likely N-dealkylation sites (N-methyl/N-ethyl adjacent to an activating group) is 2. The number of carbonyl (C=O) groups is 3. The second-order valence-electron chi connectivity index (χ2n) is 18.2. The lowest BCUT2D eigenvalue weighted by atomic mass is 9.84. The van der Waals surface area contributed by atoms with Gasteiger partial charge in [-0.3, -0.25) is 19.4 Å². The van der Waals surface area contributed by atoms with Crippen LogP contribution in [0, 0.1) is 11.8 Å². The Morgan fingerprint density at radius 3 is 2.22 bits per heavy atom. The smallest absolute Gasteiger partial charge is 0.407 e. The lowest BCUT2D eigenvalue weighted by Gasteiger charge is -2.39. The Morgan fingerprint density at radius 1 is 0.794 bits per heavy atom. The van der Waals surface area contributed by atoms with Crippen molar-refractivity contribution in [3.8, 4) is 22.4 Å². The van der Waals surface area contributed by atoms with Crippen molar-refractivity contribution in [3.05, 3.63) is 108 Å². The maximum absolute atomic E-state index is 15.0. The number of likely N-dealkylation sites (tertiary alicyclic amines) is 2. The van der Waals surface area contributed by atoms with Crippen LogP contribution >= 0.6 is 0 Å². The fourth-order valence-electron chi connectivity index (χ4n) is 11.0. The molecule has 12 heteroatoms. The number of hydrogen-bond donors (Lipinski definition) is 3. The van der Waals surface area contributed by atoms with Crippen LogP contribution in [-0.2, 0) is 9.59 Å². The van der Waals surface area contributed by atoms with E-state index < -0.39 is 12.1 Å². The van der Waals surface area contributed by atoms with E-state index in [1.54, 1.807) is 4.90 Å². The average Bonchev–Trinajstić information content (AvgIpc) is 4.13. The number of fused-ring (bicyclic) bond motifs is 3. The average molecular weight is 849 g/mol. The van der Waals surface area contributed by atoms with Gasteiger partial charge in [-0.05, 0) is 109 Å². The quantitative estimate of drug-likeness (QED) is 0.111. The van der Waals surface area contributed by atoms with Crippen LogP contribution in [0.4, 0.5) is 4.79 Å². The molecule has 3 fully saturated rings. The maximum Gasteiger partial charge on any atom is 0.407 e. The molecule has 0 bridgehead atoms. The van der Waals surface area contributed by atoms with Gasteiger partial charge in [-0.1, -0.05) is 101 Å². The monoisotopic (exact) mass is 848 g/mol. The number of benzene rings is 4. The van der Waals surface area contributed by atoms with Crippen molar-refractivity contribution in [2.75, 3.05) is 26.7 Å². The normalized spacial score (nSPS) is 21.1. The van der Waals surface area contributed by atoms with Crippen molar-refractivity contribution in [3.63, 3.8) is 0 Å². The third-order valence-corrected chi connectivity index (χ3v) is 14.2. The van der Waals surface area contributed by atoms with E-state index in [2.05, 4.69) is 100 Å². The summed E-state index contributed by atoms with van der Waals surface area (Å²) in [5.74, 6) is 1.90. The number of rotatable bonds is 12. The first kappa shape index (κ1) is 42.3. The maximum atomic E-state index is 15.0. The van der Waals surface area contributed by atoms with Gasteiger partial charge < -0.3 is 24.9 Å². The second-order valence-corrected chi connectivity index (χ2v) is 18.2. The van der Waals surface area contributed by atoms with E-state index in [9.17, 15) is 19.5 Å². The second kappa shape index (κ2) is 17.6. The molecule has 1 saturated carbocycles. The fourth-order valence-corrected chi connectivity index (χ4v) is 11.0. The SMILES string of the molecule is CCN(CC)C(C(=O)N1[C@H](c2nc3ccc(-c4ccc5cc(-c6cnc(C7CCCN7C(=O)C(C(C)C)N(C)C(=O)O)[nH]6)ccc5c4)cc3[nH]2)C[C@@H]2CCCC[C@@H]21)c1ccccc1. The standard InChI is InChI=1S/C51H60N8O4/c1-6-57(7-2)46(32-14-9-8-10-15-32)50(61)59-42-17-12-11-16-38(42)29-44(59)48-53-39-24-23-36(28-40(39)54-48)34-19-20-35-27-37(22-21-33(35)26-34)41-30-52-47(55-41)43-18-13-25-58(43)49(60)45(31(3)4)56(5)51(62)63/h8-10,14-15,19-24,26-28,30-31,38,42-46H,6-7,11-13,16-18,25,29H2,1-5H3,(H,52,55)(H,53,54)(H,62,63)/t38-,42-,43?,44-,45?,46?/m0/s1. The Balaban J connectivity index is 0.954. The summed E-state index contributed by atoms with van der Waals surface area (Å²) in [6.07, 6.45) is 7.79. The molecule has 3 N–H and O–H groups in total. The Hall–Kier alpha value is -6.01. The Kier molecular flexibility index (Phi) is 11.8. The van der Waals surface area contributed by atoms with Crippen molar-refractivity contribution in [1.82, 2.24) is 39.5 Å². The molecule has 9 rings (SSSR count). The zero-order chi connectivity index (χ0) is 43.9. The zero-order valence-corrected chi connectivity index (χ0v) is 37.1. The molecule has 2 aromatic heterocycles. The van der Waals surface area contributed by atoms with Crippen LogP contribution in [0.5, 0.6) is 0 Å². The molecule has 3 aliphatic rings. The molecule has 4 heterocycles. The van der Waals surface area contributed by atoms with Gasteiger partial charge in [0.1, 0.15) is 23.7 Å². The van der Waals surface area contributed by atoms with Gasteiger partial charge in [-0.2, -0.15) is 0 Å². The summed E-state index contributed by atoms with van der Waals surface area (Å²) < 4.78 is 0. The molecule has 2 saturated heterocycles. The highest BCUT2D eigenvalue weighted by atomic mass is 16.4. The van der Waals surface area contributed by atoms with E-state index in [1.165, 1.54) is 13.5 Å². The van der Waals surface area contributed by atoms with Crippen LogP contribution in [0.3, 0.4) is 0 Å².